The van der Waals surface area contributed by atoms with E-state index in [1.54, 1.807) is 25.3 Å². The fourth-order valence-electron chi connectivity index (χ4n) is 0.937. The van der Waals surface area contributed by atoms with Crippen molar-refractivity contribution in [3.8, 4) is 0 Å². The molecule has 13 heavy (non-hydrogen) atoms. The summed E-state index contributed by atoms with van der Waals surface area (Å²) in [6.07, 6.45) is 1.55. The highest BCUT2D eigenvalue weighted by atomic mass is 16.3. The van der Waals surface area contributed by atoms with Gasteiger partial charge in [-0.05, 0) is 18.6 Å². The monoisotopic (exact) mass is 182 g/mol. The van der Waals surface area contributed by atoms with E-state index in [0.29, 0.717) is 5.69 Å². The number of hydrogen-bond donors (Lipinski definition) is 3. The molecule has 0 aromatic carbocycles. The maximum Gasteiger partial charge on any atom is 0.0789 e. The van der Waals surface area contributed by atoms with Crippen molar-refractivity contribution in [2.45, 2.75) is 19.1 Å². The molecule has 1 aromatic heterocycles. The van der Waals surface area contributed by atoms with Crippen molar-refractivity contribution in [3.63, 3.8) is 0 Å². The van der Waals surface area contributed by atoms with E-state index in [2.05, 4.69) is 4.98 Å². The predicted octanol–water partition coefficient (Wildman–Crippen LogP) is -0.260. The third kappa shape index (κ3) is 2.24. The lowest BCUT2D eigenvalue weighted by Crippen LogP contribution is -2.37. The van der Waals surface area contributed by atoms with E-state index in [4.69, 9.17) is 15.9 Å². The summed E-state index contributed by atoms with van der Waals surface area (Å²) < 4.78 is 0. The van der Waals surface area contributed by atoms with Gasteiger partial charge in [0.1, 0.15) is 0 Å². The second kappa shape index (κ2) is 3.83. The van der Waals surface area contributed by atoms with Gasteiger partial charge in [-0.1, -0.05) is 6.07 Å². The van der Waals surface area contributed by atoms with Crippen LogP contribution in [0.25, 0.3) is 0 Å². The van der Waals surface area contributed by atoms with Crippen molar-refractivity contribution in [2.75, 3.05) is 6.61 Å². The number of aromatic nitrogens is 1. The largest absolute Gasteiger partial charge is 0.394 e. The Morgan fingerprint density at radius 1 is 1.46 bits per heavy atom. The number of hydrogen-bond acceptors (Lipinski definition) is 4. The standard InChI is InChI=1S/C9H14N2O2/c1-9(10,6-13)8-3-2-7(5-12)4-11-8/h2-4,12-13H,5-6,10H2,1H3/t9-/m1/s1. The van der Waals surface area contributed by atoms with E-state index < -0.39 is 5.54 Å². The predicted molar refractivity (Wildman–Crippen MR) is 48.8 cm³/mol. The van der Waals surface area contributed by atoms with Crippen LogP contribution in [-0.4, -0.2) is 21.8 Å². The van der Waals surface area contributed by atoms with Crippen LogP contribution >= 0.6 is 0 Å². The molecule has 1 aromatic rings. The molecule has 0 aliphatic heterocycles. The maximum atomic E-state index is 8.96. The summed E-state index contributed by atoms with van der Waals surface area (Å²) in [4.78, 5) is 4.05. The Labute approximate surface area is 77.0 Å². The molecule has 4 nitrogen and oxygen atoms in total. The van der Waals surface area contributed by atoms with Crippen molar-refractivity contribution in [2.24, 2.45) is 5.73 Å². The number of pyridine rings is 1. The molecule has 0 saturated heterocycles. The zero-order chi connectivity index (χ0) is 9.90. The first-order chi connectivity index (χ1) is 6.10. The van der Waals surface area contributed by atoms with E-state index in [9.17, 15) is 0 Å². The average molecular weight is 182 g/mol. The second-order valence-electron chi connectivity index (χ2n) is 3.29. The smallest absolute Gasteiger partial charge is 0.0789 e. The van der Waals surface area contributed by atoms with Crippen molar-refractivity contribution >= 4 is 0 Å². The van der Waals surface area contributed by atoms with Gasteiger partial charge in [0, 0.05) is 6.20 Å². The Morgan fingerprint density at radius 3 is 2.54 bits per heavy atom. The van der Waals surface area contributed by atoms with Crippen LogP contribution in [0.4, 0.5) is 0 Å². The van der Waals surface area contributed by atoms with Crippen LogP contribution in [0.1, 0.15) is 18.2 Å². The molecule has 0 aliphatic rings. The van der Waals surface area contributed by atoms with Crippen LogP contribution in [0, 0.1) is 0 Å². The van der Waals surface area contributed by atoms with Gasteiger partial charge in [0.2, 0.25) is 0 Å². The van der Waals surface area contributed by atoms with E-state index in [-0.39, 0.29) is 13.2 Å². The molecule has 0 aliphatic carbocycles. The van der Waals surface area contributed by atoms with Gasteiger partial charge >= 0.3 is 0 Å². The Balaban J connectivity index is 2.92. The van der Waals surface area contributed by atoms with Crippen molar-refractivity contribution in [1.82, 2.24) is 4.98 Å². The number of aliphatic hydroxyl groups is 2. The van der Waals surface area contributed by atoms with Crippen LogP contribution in [-0.2, 0) is 12.1 Å². The molecule has 0 bridgehead atoms. The first kappa shape index (κ1) is 10.1. The van der Waals surface area contributed by atoms with Gasteiger partial charge in [0.25, 0.3) is 0 Å². The zero-order valence-electron chi connectivity index (χ0n) is 7.57. The van der Waals surface area contributed by atoms with E-state index in [0.717, 1.165) is 5.56 Å². The first-order valence-electron chi connectivity index (χ1n) is 4.06. The van der Waals surface area contributed by atoms with E-state index >= 15 is 0 Å². The van der Waals surface area contributed by atoms with Gasteiger partial charge in [-0.3, -0.25) is 4.98 Å². The first-order valence-corrected chi connectivity index (χ1v) is 4.06. The molecule has 0 fully saturated rings. The summed E-state index contributed by atoms with van der Waals surface area (Å²) in [6, 6.07) is 3.45. The third-order valence-electron chi connectivity index (χ3n) is 1.92. The lowest BCUT2D eigenvalue weighted by Gasteiger charge is -2.20. The molecule has 0 saturated carbocycles. The van der Waals surface area contributed by atoms with Crippen LogP contribution in [0.2, 0.25) is 0 Å². The third-order valence-corrected chi connectivity index (χ3v) is 1.92. The number of nitrogens with zero attached hydrogens (tertiary/aromatic N) is 1. The highest BCUT2D eigenvalue weighted by Gasteiger charge is 2.20. The van der Waals surface area contributed by atoms with Gasteiger partial charge < -0.3 is 15.9 Å². The minimum Gasteiger partial charge on any atom is -0.394 e. The maximum absolute atomic E-state index is 8.96. The van der Waals surface area contributed by atoms with E-state index in [1.165, 1.54) is 0 Å². The van der Waals surface area contributed by atoms with Crippen LogP contribution < -0.4 is 5.73 Å². The molecule has 4 heteroatoms. The SMILES string of the molecule is C[C@@](N)(CO)c1ccc(CO)cn1. The molecule has 1 rings (SSSR count). The highest BCUT2D eigenvalue weighted by Crippen LogP contribution is 2.14. The fourth-order valence-corrected chi connectivity index (χ4v) is 0.937. The lowest BCUT2D eigenvalue weighted by atomic mass is 10.00. The minimum absolute atomic E-state index is 0.0340. The fraction of sp³-hybridized carbons (Fsp3) is 0.444. The Kier molecular flexibility index (Phi) is 2.98. The molecular weight excluding hydrogens is 168 g/mol. The zero-order valence-corrected chi connectivity index (χ0v) is 7.57. The van der Waals surface area contributed by atoms with Gasteiger partial charge in [-0.2, -0.15) is 0 Å². The Bertz CT molecular complexity index is 269. The average Bonchev–Trinajstić information content (AvgIpc) is 2.18. The Hall–Kier alpha value is -0.970. The summed E-state index contributed by atoms with van der Waals surface area (Å²) in [5, 5.41) is 17.7. The molecule has 4 N–H and O–H groups in total. The van der Waals surface area contributed by atoms with Gasteiger partial charge in [0.05, 0.1) is 24.4 Å². The molecule has 1 heterocycles. The lowest BCUT2D eigenvalue weighted by molar-refractivity contribution is 0.206. The number of rotatable bonds is 3. The molecule has 0 amide bonds. The van der Waals surface area contributed by atoms with Crippen LogP contribution in [0.3, 0.4) is 0 Å². The molecule has 0 unspecified atom stereocenters. The van der Waals surface area contributed by atoms with E-state index in [1.807, 2.05) is 0 Å². The van der Waals surface area contributed by atoms with Crippen molar-refractivity contribution in [1.29, 1.82) is 0 Å². The molecule has 72 valence electrons. The second-order valence-corrected chi connectivity index (χ2v) is 3.29. The van der Waals surface area contributed by atoms with Gasteiger partial charge in [0.15, 0.2) is 0 Å². The van der Waals surface area contributed by atoms with Crippen LogP contribution in [0.15, 0.2) is 18.3 Å². The summed E-state index contributed by atoms with van der Waals surface area (Å²) in [5.74, 6) is 0. The van der Waals surface area contributed by atoms with Gasteiger partial charge in [-0.25, -0.2) is 0 Å². The van der Waals surface area contributed by atoms with Crippen LogP contribution in [0.5, 0.6) is 0 Å². The summed E-state index contributed by atoms with van der Waals surface area (Å²) in [6.45, 7) is 1.51. The highest BCUT2D eigenvalue weighted by molar-refractivity contribution is 5.18. The molecule has 1 atom stereocenters. The summed E-state index contributed by atoms with van der Waals surface area (Å²) in [5.41, 5.74) is 6.29. The summed E-state index contributed by atoms with van der Waals surface area (Å²) in [7, 11) is 0. The minimum atomic E-state index is -0.812. The number of nitrogens with two attached hydrogens (primary N) is 1. The van der Waals surface area contributed by atoms with Crippen molar-refractivity contribution < 1.29 is 10.2 Å². The Morgan fingerprint density at radius 2 is 2.15 bits per heavy atom. The van der Waals surface area contributed by atoms with Crippen molar-refractivity contribution in [3.05, 3.63) is 29.6 Å². The normalized spacial score (nSPS) is 15.4. The quantitative estimate of drug-likeness (QED) is 0.601. The number of aliphatic hydroxyl groups excluding tert-OH is 2. The topological polar surface area (TPSA) is 79.4 Å². The summed E-state index contributed by atoms with van der Waals surface area (Å²) >= 11 is 0. The van der Waals surface area contributed by atoms with Gasteiger partial charge in [-0.15, -0.1) is 0 Å². The molecule has 0 radical (unpaired) electrons. The molecular formula is C9H14N2O2. The molecule has 0 spiro atoms.